The molecule has 0 heterocycles. The molecule has 0 aromatic carbocycles. The number of unbranched alkanes of at least 4 members (excludes halogenated alkanes) is 1. The highest BCUT2D eigenvalue weighted by Gasteiger charge is 2.30. The van der Waals surface area contributed by atoms with Crippen LogP contribution in [0.5, 0.6) is 0 Å². The molecule has 0 amide bonds. The van der Waals surface area contributed by atoms with Crippen molar-refractivity contribution >= 4 is 5.78 Å². The summed E-state index contributed by atoms with van der Waals surface area (Å²) in [5, 5.41) is 0. The molecular formula is C13H20O2. The molecule has 0 N–H and O–H groups in total. The second-order valence-electron chi connectivity index (χ2n) is 4.22. The number of rotatable bonds is 7. The van der Waals surface area contributed by atoms with Crippen LogP contribution in [0.2, 0.25) is 0 Å². The van der Waals surface area contributed by atoms with E-state index >= 15 is 0 Å². The quantitative estimate of drug-likeness (QED) is 0.475. The van der Waals surface area contributed by atoms with E-state index in [2.05, 4.69) is 5.92 Å². The maximum absolute atomic E-state index is 11.5. The zero-order chi connectivity index (χ0) is 11.1. The van der Waals surface area contributed by atoms with Gasteiger partial charge in [-0.2, -0.15) is 0 Å². The number of carbonyl (C=O) groups excluding carboxylic acids is 1. The molecule has 0 unspecified atom stereocenters. The van der Waals surface area contributed by atoms with Crippen LogP contribution in [0.4, 0.5) is 0 Å². The summed E-state index contributed by atoms with van der Waals surface area (Å²) in [5.41, 5.74) is 0. The molecule has 0 aromatic heterocycles. The van der Waals surface area contributed by atoms with Gasteiger partial charge >= 0.3 is 0 Å². The summed E-state index contributed by atoms with van der Waals surface area (Å²) in [6, 6.07) is 0. The summed E-state index contributed by atoms with van der Waals surface area (Å²) in [4.78, 5) is 11.5. The normalized spacial score (nSPS) is 24.3. The predicted octanol–water partition coefficient (Wildman–Crippen LogP) is 2.56. The molecule has 1 fully saturated rings. The molecule has 1 rings (SSSR count). The Hall–Kier alpha value is -0.810. The zero-order valence-corrected chi connectivity index (χ0v) is 9.50. The first kappa shape index (κ1) is 12.3. The van der Waals surface area contributed by atoms with Gasteiger partial charge in [-0.15, -0.1) is 12.3 Å². The van der Waals surface area contributed by atoms with E-state index < -0.39 is 0 Å². The summed E-state index contributed by atoms with van der Waals surface area (Å²) in [6.07, 6.45) is 10.6. The first-order valence-electron chi connectivity index (χ1n) is 5.83. The average molecular weight is 208 g/mol. The zero-order valence-electron chi connectivity index (χ0n) is 9.50. The van der Waals surface area contributed by atoms with Crippen molar-refractivity contribution in [3.8, 4) is 12.3 Å². The molecule has 0 radical (unpaired) electrons. The Kier molecular flexibility index (Phi) is 5.42. The number of carbonyl (C=O) groups is 1. The summed E-state index contributed by atoms with van der Waals surface area (Å²) in [7, 11) is 0. The Balaban J connectivity index is 2.01. The SMILES string of the molecule is C#CCCCC(=O)CC1CC(OCC)C1. The van der Waals surface area contributed by atoms with Gasteiger partial charge in [0.1, 0.15) is 5.78 Å². The van der Waals surface area contributed by atoms with E-state index in [0.29, 0.717) is 24.2 Å². The van der Waals surface area contributed by atoms with Crippen molar-refractivity contribution in [3.63, 3.8) is 0 Å². The first-order valence-corrected chi connectivity index (χ1v) is 5.83. The Morgan fingerprint density at radius 2 is 2.27 bits per heavy atom. The maximum Gasteiger partial charge on any atom is 0.133 e. The van der Waals surface area contributed by atoms with Crippen molar-refractivity contribution in [2.75, 3.05) is 6.61 Å². The Bertz CT molecular complexity index is 233. The molecule has 1 aliphatic carbocycles. The van der Waals surface area contributed by atoms with Crippen LogP contribution in [0, 0.1) is 18.3 Å². The summed E-state index contributed by atoms with van der Waals surface area (Å²) >= 11 is 0. The fourth-order valence-electron chi connectivity index (χ4n) is 2.02. The topological polar surface area (TPSA) is 26.3 Å². The van der Waals surface area contributed by atoms with Gasteiger partial charge in [-0.1, -0.05) is 0 Å². The van der Waals surface area contributed by atoms with Crippen LogP contribution in [0.25, 0.3) is 0 Å². The lowest BCUT2D eigenvalue weighted by Crippen LogP contribution is -2.32. The van der Waals surface area contributed by atoms with E-state index in [1.54, 1.807) is 0 Å². The van der Waals surface area contributed by atoms with Crippen molar-refractivity contribution in [1.82, 2.24) is 0 Å². The monoisotopic (exact) mass is 208 g/mol. The highest BCUT2D eigenvalue weighted by atomic mass is 16.5. The number of ether oxygens (including phenoxy) is 1. The fraction of sp³-hybridized carbons (Fsp3) is 0.769. The number of terminal acetylenes is 1. The molecule has 0 aliphatic heterocycles. The van der Waals surface area contributed by atoms with Gasteiger partial charge in [-0.3, -0.25) is 4.79 Å². The minimum absolute atomic E-state index is 0.366. The molecule has 2 nitrogen and oxygen atoms in total. The minimum Gasteiger partial charge on any atom is -0.378 e. The molecule has 2 heteroatoms. The van der Waals surface area contributed by atoms with Gasteiger partial charge in [-0.25, -0.2) is 0 Å². The Labute approximate surface area is 92.4 Å². The van der Waals surface area contributed by atoms with E-state index in [4.69, 9.17) is 11.2 Å². The fourth-order valence-corrected chi connectivity index (χ4v) is 2.02. The number of hydrogen-bond acceptors (Lipinski definition) is 2. The lowest BCUT2D eigenvalue weighted by molar-refractivity contribution is -0.122. The molecular weight excluding hydrogens is 188 g/mol. The van der Waals surface area contributed by atoms with Crippen LogP contribution in [0.3, 0.4) is 0 Å². The molecule has 1 aliphatic rings. The van der Waals surface area contributed by atoms with Crippen molar-refractivity contribution in [2.24, 2.45) is 5.92 Å². The maximum atomic E-state index is 11.5. The van der Waals surface area contributed by atoms with Crippen molar-refractivity contribution in [3.05, 3.63) is 0 Å². The van der Waals surface area contributed by atoms with Gasteiger partial charge in [0.05, 0.1) is 6.10 Å². The second-order valence-corrected chi connectivity index (χ2v) is 4.22. The van der Waals surface area contributed by atoms with E-state index in [1.165, 1.54) is 0 Å². The molecule has 15 heavy (non-hydrogen) atoms. The summed E-state index contributed by atoms with van der Waals surface area (Å²) in [6.45, 7) is 2.80. The lowest BCUT2D eigenvalue weighted by Gasteiger charge is -2.34. The van der Waals surface area contributed by atoms with Crippen LogP contribution >= 0.6 is 0 Å². The van der Waals surface area contributed by atoms with Gasteiger partial charge in [0, 0.05) is 25.9 Å². The van der Waals surface area contributed by atoms with Crippen LogP contribution in [-0.4, -0.2) is 18.5 Å². The van der Waals surface area contributed by atoms with Gasteiger partial charge < -0.3 is 4.74 Å². The molecule has 84 valence electrons. The third kappa shape index (κ3) is 4.48. The molecule has 0 bridgehead atoms. The highest BCUT2D eigenvalue weighted by Crippen LogP contribution is 2.33. The number of ketones is 1. The average Bonchev–Trinajstić information content (AvgIpc) is 2.15. The van der Waals surface area contributed by atoms with Crippen molar-refractivity contribution in [2.45, 2.75) is 51.6 Å². The third-order valence-electron chi connectivity index (χ3n) is 2.89. The largest absolute Gasteiger partial charge is 0.378 e. The van der Waals surface area contributed by atoms with Crippen LogP contribution in [0.15, 0.2) is 0 Å². The van der Waals surface area contributed by atoms with Gasteiger partial charge in [0.15, 0.2) is 0 Å². The number of Topliss-reactive ketones (excluding diaryl/α,β-unsaturated/α-hetero) is 1. The molecule has 0 atom stereocenters. The Morgan fingerprint density at radius 1 is 1.53 bits per heavy atom. The second kappa shape index (κ2) is 6.63. The molecule has 0 aromatic rings. The number of hydrogen-bond donors (Lipinski definition) is 0. The molecule has 0 spiro atoms. The van der Waals surface area contributed by atoms with E-state index in [9.17, 15) is 4.79 Å². The van der Waals surface area contributed by atoms with E-state index in [0.717, 1.165) is 38.7 Å². The smallest absolute Gasteiger partial charge is 0.133 e. The molecule has 0 saturated heterocycles. The Morgan fingerprint density at radius 3 is 2.87 bits per heavy atom. The van der Waals surface area contributed by atoms with Crippen molar-refractivity contribution < 1.29 is 9.53 Å². The highest BCUT2D eigenvalue weighted by molar-refractivity contribution is 5.78. The predicted molar refractivity (Wildman–Crippen MR) is 60.4 cm³/mol. The van der Waals surface area contributed by atoms with Crippen LogP contribution in [-0.2, 0) is 9.53 Å². The first-order chi connectivity index (χ1) is 7.26. The summed E-state index contributed by atoms with van der Waals surface area (Å²) < 4.78 is 5.45. The lowest BCUT2D eigenvalue weighted by atomic mass is 9.78. The standard InChI is InChI=1S/C13H20O2/c1-3-5-6-7-12(14)8-11-9-13(10-11)15-4-2/h1,11,13H,4-10H2,2H3. The van der Waals surface area contributed by atoms with Crippen molar-refractivity contribution in [1.29, 1.82) is 0 Å². The molecule has 1 saturated carbocycles. The third-order valence-corrected chi connectivity index (χ3v) is 2.89. The van der Waals surface area contributed by atoms with Gasteiger partial charge in [0.2, 0.25) is 0 Å². The van der Waals surface area contributed by atoms with E-state index in [-0.39, 0.29) is 0 Å². The van der Waals surface area contributed by atoms with Crippen LogP contribution in [0.1, 0.15) is 45.4 Å². The minimum atomic E-state index is 0.366. The van der Waals surface area contributed by atoms with Gasteiger partial charge in [0.25, 0.3) is 0 Å². The van der Waals surface area contributed by atoms with Gasteiger partial charge in [-0.05, 0) is 32.1 Å². The van der Waals surface area contributed by atoms with E-state index in [1.807, 2.05) is 6.92 Å². The summed E-state index contributed by atoms with van der Waals surface area (Å²) in [5.74, 6) is 3.49. The van der Waals surface area contributed by atoms with Crippen LogP contribution < -0.4 is 0 Å².